The summed E-state index contributed by atoms with van der Waals surface area (Å²) in [5, 5.41) is 3.25. The standard InChI is InChI=1S/C12H17ClN2O/c1-12(2,3)7-15-11(16)8-4-5-10(14)9(13)6-8/h4-6H,7,14H2,1-3H3,(H,15,16). The molecule has 16 heavy (non-hydrogen) atoms. The normalized spacial score (nSPS) is 11.2. The highest BCUT2D eigenvalue weighted by atomic mass is 35.5. The zero-order valence-corrected chi connectivity index (χ0v) is 10.6. The van der Waals surface area contributed by atoms with Gasteiger partial charge in [-0.2, -0.15) is 0 Å². The van der Waals surface area contributed by atoms with Gasteiger partial charge in [-0.05, 0) is 23.6 Å². The first-order valence-corrected chi connectivity index (χ1v) is 5.50. The summed E-state index contributed by atoms with van der Waals surface area (Å²) < 4.78 is 0. The third-order valence-corrected chi connectivity index (χ3v) is 2.37. The molecular weight excluding hydrogens is 224 g/mol. The smallest absolute Gasteiger partial charge is 0.251 e. The number of nitrogens with two attached hydrogens (primary N) is 1. The molecule has 1 amide bonds. The minimum atomic E-state index is -0.128. The summed E-state index contributed by atoms with van der Waals surface area (Å²) in [6, 6.07) is 4.88. The fraction of sp³-hybridized carbons (Fsp3) is 0.417. The van der Waals surface area contributed by atoms with Gasteiger partial charge in [0.2, 0.25) is 0 Å². The highest BCUT2D eigenvalue weighted by Gasteiger charge is 2.13. The highest BCUT2D eigenvalue weighted by Crippen LogP contribution is 2.19. The first-order valence-electron chi connectivity index (χ1n) is 5.13. The molecule has 0 saturated carbocycles. The third kappa shape index (κ3) is 3.74. The molecule has 1 aromatic carbocycles. The van der Waals surface area contributed by atoms with Crippen LogP contribution in [0.3, 0.4) is 0 Å². The molecule has 0 saturated heterocycles. The van der Waals surface area contributed by atoms with Crippen molar-refractivity contribution in [1.82, 2.24) is 5.32 Å². The van der Waals surface area contributed by atoms with E-state index < -0.39 is 0 Å². The van der Waals surface area contributed by atoms with E-state index in [4.69, 9.17) is 17.3 Å². The van der Waals surface area contributed by atoms with E-state index in [1.54, 1.807) is 18.2 Å². The van der Waals surface area contributed by atoms with E-state index >= 15 is 0 Å². The Hall–Kier alpha value is -1.22. The average Bonchev–Trinajstić information content (AvgIpc) is 2.17. The SMILES string of the molecule is CC(C)(C)CNC(=O)c1ccc(N)c(Cl)c1. The summed E-state index contributed by atoms with van der Waals surface area (Å²) in [5.41, 5.74) is 6.64. The molecule has 88 valence electrons. The second-order valence-electron chi connectivity index (χ2n) is 4.98. The van der Waals surface area contributed by atoms with Crippen molar-refractivity contribution in [2.24, 2.45) is 5.41 Å². The molecule has 0 heterocycles. The fourth-order valence-corrected chi connectivity index (χ4v) is 1.30. The van der Waals surface area contributed by atoms with Gasteiger partial charge in [-0.3, -0.25) is 4.79 Å². The van der Waals surface area contributed by atoms with Crippen molar-refractivity contribution in [2.45, 2.75) is 20.8 Å². The molecule has 0 bridgehead atoms. The van der Waals surface area contributed by atoms with Gasteiger partial charge in [-0.25, -0.2) is 0 Å². The van der Waals surface area contributed by atoms with E-state index in [-0.39, 0.29) is 11.3 Å². The molecule has 3 nitrogen and oxygen atoms in total. The lowest BCUT2D eigenvalue weighted by molar-refractivity contribution is 0.0939. The number of anilines is 1. The van der Waals surface area contributed by atoms with Crippen LogP contribution in [0.1, 0.15) is 31.1 Å². The van der Waals surface area contributed by atoms with Crippen LogP contribution in [0.25, 0.3) is 0 Å². The molecule has 0 unspecified atom stereocenters. The van der Waals surface area contributed by atoms with Crippen molar-refractivity contribution in [1.29, 1.82) is 0 Å². The van der Waals surface area contributed by atoms with Crippen LogP contribution in [0.4, 0.5) is 5.69 Å². The van der Waals surface area contributed by atoms with Gasteiger partial charge in [-0.15, -0.1) is 0 Å². The predicted molar refractivity (Wildman–Crippen MR) is 67.7 cm³/mol. The Balaban J connectivity index is 2.70. The lowest BCUT2D eigenvalue weighted by Gasteiger charge is -2.18. The maximum absolute atomic E-state index is 11.7. The minimum absolute atomic E-state index is 0.0628. The van der Waals surface area contributed by atoms with Gasteiger partial charge in [0.1, 0.15) is 0 Å². The second-order valence-corrected chi connectivity index (χ2v) is 5.39. The van der Waals surface area contributed by atoms with Crippen LogP contribution in [0.2, 0.25) is 5.02 Å². The number of carbonyl (C=O) groups is 1. The Kier molecular flexibility index (Phi) is 3.81. The summed E-state index contributed by atoms with van der Waals surface area (Å²) in [5.74, 6) is -0.128. The maximum atomic E-state index is 11.7. The van der Waals surface area contributed by atoms with Gasteiger partial charge in [0.25, 0.3) is 5.91 Å². The Morgan fingerprint density at radius 2 is 2.06 bits per heavy atom. The Labute approximate surface area is 101 Å². The highest BCUT2D eigenvalue weighted by molar-refractivity contribution is 6.33. The fourth-order valence-electron chi connectivity index (χ4n) is 1.12. The molecule has 1 aromatic rings. The molecule has 0 radical (unpaired) electrons. The Morgan fingerprint density at radius 3 is 2.56 bits per heavy atom. The number of carbonyl (C=O) groups excluding carboxylic acids is 1. The number of hydrogen-bond donors (Lipinski definition) is 2. The van der Waals surface area contributed by atoms with Crippen molar-refractivity contribution < 1.29 is 4.79 Å². The van der Waals surface area contributed by atoms with Gasteiger partial charge in [0.05, 0.1) is 10.7 Å². The summed E-state index contributed by atoms with van der Waals surface area (Å²) in [6.45, 7) is 6.80. The molecule has 1 rings (SSSR count). The van der Waals surface area contributed by atoms with E-state index in [9.17, 15) is 4.79 Å². The first-order chi connectivity index (χ1) is 7.29. The van der Waals surface area contributed by atoms with Crippen LogP contribution in [0.5, 0.6) is 0 Å². The molecule has 3 N–H and O–H groups in total. The Bertz CT molecular complexity index is 396. The van der Waals surface area contributed by atoms with E-state index in [2.05, 4.69) is 26.1 Å². The molecule has 0 aliphatic carbocycles. The molecule has 0 aliphatic heterocycles. The van der Waals surface area contributed by atoms with Crippen LogP contribution >= 0.6 is 11.6 Å². The van der Waals surface area contributed by atoms with Crippen LogP contribution in [-0.2, 0) is 0 Å². The van der Waals surface area contributed by atoms with E-state index in [0.717, 1.165) is 0 Å². The molecule has 0 aliphatic rings. The largest absolute Gasteiger partial charge is 0.398 e. The van der Waals surface area contributed by atoms with Gasteiger partial charge in [-0.1, -0.05) is 32.4 Å². The van der Waals surface area contributed by atoms with Crippen molar-refractivity contribution in [3.05, 3.63) is 28.8 Å². The quantitative estimate of drug-likeness (QED) is 0.781. The topological polar surface area (TPSA) is 55.1 Å². The molecule has 0 atom stereocenters. The lowest BCUT2D eigenvalue weighted by atomic mass is 9.97. The number of halogens is 1. The Morgan fingerprint density at radius 1 is 1.44 bits per heavy atom. The number of nitrogen functional groups attached to an aromatic ring is 1. The maximum Gasteiger partial charge on any atom is 0.251 e. The number of nitrogens with one attached hydrogen (secondary N) is 1. The lowest BCUT2D eigenvalue weighted by Crippen LogP contribution is -2.32. The number of rotatable bonds is 2. The second kappa shape index (κ2) is 4.74. The third-order valence-electron chi connectivity index (χ3n) is 2.04. The first kappa shape index (κ1) is 12.8. The molecule has 0 fully saturated rings. The van der Waals surface area contributed by atoms with Gasteiger partial charge in [0.15, 0.2) is 0 Å². The van der Waals surface area contributed by atoms with Crippen molar-refractivity contribution in [3.8, 4) is 0 Å². The summed E-state index contributed by atoms with van der Waals surface area (Å²) in [4.78, 5) is 11.7. The van der Waals surface area contributed by atoms with Crippen LogP contribution in [-0.4, -0.2) is 12.5 Å². The zero-order chi connectivity index (χ0) is 12.3. The number of amides is 1. The van der Waals surface area contributed by atoms with Gasteiger partial charge >= 0.3 is 0 Å². The van der Waals surface area contributed by atoms with E-state index in [1.807, 2.05) is 0 Å². The minimum Gasteiger partial charge on any atom is -0.398 e. The monoisotopic (exact) mass is 240 g/mol. The summed E-state index contributed by atoms with van der Waals surface area (Å²) in [6.07, 6.45) is 0. The average molecular weight is 241 g/mol. The van der Waals surface area contributed by atoms with Crippen LogP contribution < -0.4 is 11.1 Å². The zero-order valence-electron chi connectivity index (χ0n) is 9.80. The van der Waals surface area contributed by atoms with Gasteiger partial charge in [0, 0.05) is 12.1 Å². The predicted octanol–water partition coefficient (Wildman–Crippen LogP) is 2.70. The van der Waals surface area contributed by atoms with E-state index in [0.29, 0.717) is 22.8 Å². The molecule has 0 spiro atoms. The summed E-state index contributed by atoms with van der Waals surface area (Å²) >= 11 is 5.84. The van der Waals surface area contributed by atoms with Crippen LogP contribution in [0.15, 0.2) is 18.2 Å². The van der Waals surface area contributed by atoms with Crippen molar-refractivity contribution >= 4 is 23.2 Å². The van der Waals surface area contributed by atoms with Gasteiger partial charge < -0.3 is 11.1 Å². The number of benzene rings is 1. The summed E-state index contributed by atoms with van der Waals surface area (Å²) in [7, 11) is 0. The van der Waals surface area contributed by atoms with Crippen molar-refractivity contribution in [3.63, 3.8) is 0 Å². The van der Waals surface area contributed by atoms with Crippen LogP contribution in [0, 0.1) is 5.41 Å². The molecule has 0 aromatic heterocycles. The number of hydrogen-bond acceptors (Lipinski definition) is 2. The molecular formula is C12H17ClN2O. The van der Waals surface area contributed by atoms with E-state index in [1.165, 1.54) is 0 Å². The van der Waals surface area contributed by atoms with Crippen molar-refractivity contribution in [2.75, 3.05) is 12.3 Å². The molecule has 4 heteroatoms.